The average Bonchev–Trinajstić information content (AvgIpc) is 3.33. The largest absolute Gasteiger partial charge is 0.493 e. The summed E-state index contributed by atoms with van der Waals surface area (Å²) in [6.07, 6.45) is 1.72. The number of benzene rings is 2. The Morgan fingerprint density at radius 2 is 1.78 bits per heavy atom. The third kappa shape index (κ3) is 4.36. The minimum Gasteiger partial charge on any atom is -0.493 e. The minimum absolute atomic E-state index is 0.0317. The molecule has 0 N–H and O–H groups in total. The molecule has 1 atom stereocenters. The topological polar surface area (TPSA) is 86.9 Å². The number of methoxy groups -OCH3 is 3. The van der Waals surface area contributed by atoms with Crippen LogP contribution in [0.25, 0.3) is 11.4 Å². The Labute approximate surface area is 191 Å². The molecule has 1 aliphatic rings. The fourth-order valence-electron chi connectivity index (χ4n) is 3.87. The van der Waals surface area contributed by atoms with Crippen LogP contribution in [0.3, 0.4) is 0 Å². The zero-order valence-corrected chi connectivity index (χ0v) is 18.9. The summed E-state index contributed by atoms with van der Waals surface area (Å²) in [5.74, 6) is 2.35. The molecule has 0 saturated carbocycles. The molecule has 9 heteroatoms. The first-order chi connectivity index (χ1) is 15.5. The third-order valence-corrected chi connectivity index (χ3v) is 5.77. The van der Waals surface area contributed by atoms with Gasteiger partial charge in [-0.15, -0.1) is 0 Å². The number of nitrogens with zero attached hydrogens (tertiary/aromatic N) is 3. The van der Waals surface area contributed by atoms with Crippen molar-refractivity contribution in [3.05, 3.63) is 52.9 Å². The van der Waals surface area contributed by atoms with E-state index in [9.17, 15) is 4.79 Å². The van der Waals surface area contributed by atoms with Crippen LogP contribution in [0.15, 0.2) is 40.9 Å². The van der Waals surface area contributed by atoms with E-state index >= 15 is 0 Å². The molecular formula is C23H24ClN3O5. The second-order valence-electron chi connectivity index (χ2n) is 7.47. The zero-order valence-electron chi connectivity index (χ0n) is 18.1. The average molecular weight is 458 g/mol. The van der Waals surface area contributed by atoms with E-state index in [1.54, 1.807) is 57.7 Å². The van der Waals surface area contributed by atoms with E-state index in [-0.39, 0.29) is 11.8 Å². The number of carbonyl (C=O) groups is 1. The molecule has 1 fully saturated rings. The number of hydrogen-bond acceptors (Lipinski definition) is 7. The molecule has 0 bridgehead atoms. The first kappa shape index (κ1) is 22.0. The molecule has 3 aromatic rings. The van der Waals surface area contributed by atoms with Crippen LogP contribution in [0, 0.1) is 0 Å². The number of carbonyl (C=O) groups excluding carboxylic acids is 1. The van der Waals surface area contributed by atoms with Crippen molar-refractivity contribution in [2.24, 2.45) is 0 Å². The molecule has 4 rings (SSSR count). The Hall–Kier alpha value is -3.26. The molecule has 0 radical (unpaired) electrons. The minimum atomic E-state index is -0.0386. The number of ether oxygens (including phenoxy) is 3. The van der Waals surface area contributed by atoms with Crippen molar-refractivity contribution in [1.82, 2.24) is 15.0 Å². The number of likely N-dealkylation sites (tertiary alicyclic amines) is 1. The van der Waals surface area contributed by atoms with Crippen LogP contribution in [-0.4, -0.2) is 55.4 Å². The zero-order chi connectivity index (χ0) is 22.7. The van der Waals surface area contributed by atoms with E-state index in [2.05, 4.69) is 10.1 Å². The van der Waals surface area contributed by atoms with Crippen molar-refractivity contribution >= 4 is 17.5 Å². The summed E-state index contributed by atoms with van der Waals surface area (Å²) in [6.45, 7) is 1.20. The number of halogens is 1. The SMILES string of the molecule is COc1cc(-c2noc([C@@H]3CCCN(C(=O)c4ccc(Cl)cc4)C3)n2)cc(OC)c1OC. The van der Waals surface area contributed by atoms with Gasteiger partial charge in [0.05, 0.1) is 27.2 Å². The van der Waals surface area contributed by atoms with Crippen LogP contribution in [0.2, 0.25) is 5.02 Å². The van der Waals surface area contributed by atoms with Gasteiger partial charge < -0.3 is 23.6 Å². The van der Waals surface area contributed by atoms with E-state index in [1.165, 1.54) is 0 Å². The van der Waals surface area contributed by atoms with E-state index < -0.39 is 0 Å². The number of aromatic nitrogens is 2. The molecule has 1 aromatic heterocycles. The molecule has 168 valence electrons. The van der Waals surface area contributed by atoms with Gasteiger partial charge in [-0.1, -0.05) is 16.8 Å². The predicted molar refractivity (Wildman–Crippen MR) is 119 cm³/mol. The number of hydrogen-bond donors (Lipinski definition) is 0. The Morgan fingerprint density at radius 3 is 2.41 bits per heavy atom. The highest BCUT2D eigenvalue weighted by molar-refractivity contribution is 6.30. The summed E-state index contributed by atoms with van der Waals surface area (Å²) in [4.78, 5) is 19.3. The number of rotatable bonds is 6. The Balaban J connectivity index is 1.54. The molecule has 32 heavy (non-hydrogen) atoms. The second-order valence-corrected chi connectivity index (χ2v) is 7.90. The third-order valence-electron chi connectivity index (χ3n) is 5.51. The van der Waals surface area contributed by atoms with Crippen LogP contribution in [0.1, 0.15) is 35.0 Å². The first-order valence-corrected chi connectivity index (χ1v) is 10.6. The monoisotopic (exact) mass is 457 g/mol. The normalized spacial score (nSPS) is 16.0. The van der Waals surface area contributed by atoms with Crippen LogP contribution in [0.5, 0.6) is 17.2 Å². The van der Waals surface area contributed by atoms with E-state index in [4.69, 9.17) is 30.3 Å². The fourth-order valence-corrected chi connectivity index (χ4v) is 3.99. The highest BCUT2D eigenvalue weighted by Crippen LogP contribution is 2.41. The van der Waals surface area contributed by atoms with Crippen LogP contribution < -0.4 is 14.2 Å². The van der Waals surface area contributed by atoms with Gasteiger partial charge in [0.25, 0.3) is 5.91 Å². The van der Waals surface area contributed by atoms with Crippen molar-refractivity contribution in [3.8, 4) is 28.6 Å². The van der Waals surface area contributed by atoms with Gasteiger partial charge in [-0.2, -0.15) is 4.98 Å². The van der Waals surface area contributed by atoms with Gasteiger partial charge in [0.1, 0.15) is 0 Å². The van der Waals surface area contributed by atoms with Gasteiger partial charge in [-0.3, -0.25) is 4.79 Å². The van der Waals surface area contributed by atoms with Gasteiger partial charge in [0.15, 0.2) is 11.5 Å². The molecule has 2 heterocycles. The molecule has 2 aromatic carbocycles. The standard InChI is InChI=1S/C23H24ClN3O5/c1-29-18-11-16(12-19(30-2)20(18)31-3)21-25-22(32-26-21)15-5-4-10-27(13-15)23(28)14-6-8-17(24)9-7-14/h6-9,11-12,15H,4-5,10,13H2,1-3H3/t15-/m1/s1. The molecule has 1 saturated heterocycles. The van der Waals surface area contributed by atoms with Gasteiger partial charge in [-0.05, 0) is 49.2 Å². The lowest BCUT2D eigenvalue weighted by atomic mass is 9.97. The van der Waals surface area contributed by atoms with Gasteiger partial charge in [0.2, 0.25) is 17.5 Å². The maximum atomic E-state index is 12.9. The summed E-state index contributed by atoms with van der Waals surface area (Å²) in [5, 5.41) is 4.75. The van der Waals surface area contributed by atoms with Gasteiger partial charge >= 0.3 is 0 Å². The van der Waals surface area contributed by atoms with Crippen LogP contribution >= 0.6 is 11.6 Å². The molecule has 8 nitrogen and oxygen atoms in total. The maximum absolute atomic E-state index is 12.9. The fraction of sp³-hybridized carbons (Fsp3) is 0.348. The van der Waals surface area contributed by atoms with Crippen LogP contribution in [0.4, 0.5) is 0 Å². The number of piperidine rings is 1. The molecular weight excluding hydrogens is 434 g/mol. The summed E-state index contributed by atoms with van der Waals surface area (Å²) < 4.78 is 21.8. The Morgan fingerprint density at radius 1 is 1.09 bits per heavy atom. The summed E-state index contributed by atoms with van der Waals surface area (Å²) in [7, 11) is 4.65. The lowest BCUT2D eigenvalue weighted by Gasteiger charge is -2.31. The van der Waals surface area contributed by atoms with Crippen molar-refractivity contribution in [1.29, 1.82) is 0 Å². The summed E-state index contributed by atoms with van der Waals surface area (Å²) in [5.41, 5.74) is 1.29. The number of amides is 1. The molecule has 0 spiro atoms. The highest BCUT2D eigenvalue weighted by atomic mass is 35.5. The molecule has 0 unspecified atom stereocenters. The lowest BCUT2D eigenvalue weighted by molar-refractivity contribution is 0.0695. The lowest BCUT2D eigenvalue weighted by Crippen LogP contribution is -2.39. The maximum Gasteiger partial charge on any atom is 0.253 e. The van der Waals surface area contributed by atoms with E-state index in [1.807, 2.05) is 4.90 Å². The van der Waals surface area contributed by atoms with E-state index in [0.29, 0.717) is 58.2 Å². The van der Waals surface area contributed by atoms with Gasteiger partial charge in [-0.25, -0.2) is 0 Å². The van der Waals surface area contributed by atoms with Crippen molar-refractivity contribution < 1.29 is 23.5 Å². The smallest absolute Gasteiger partial charge is 0.253 e. The van der Waals surface area contributed by atoms with Crippen molar-refractivity contribution in [2.75, 3.05) is 34.4 Å². The molecule has 1 amide bonds. The molecule has 1 aliphatic heterocycles. The predicted octanol–water partition coefficient (Wildman–Crippen LogP) is 4.44. The Kier molecular flexibility index (Phi) is 6.50. The van der Waals surface area contributed by atoms with Crippen molar-refractivity contribution in [3.63, 3.8) is 0 Å². The quantitative estimate of drug-likeness (QED) is 0.540. The molecule has 0 aliphatic carbocycles. The Bertz CT molecular complexity index is 1070. The highest BCUT2D eigenvalue weighted by Gasteiger charge is 2.29. The summed E-state index contributed by atoms with van der Waals surface area (Å²) >= 11 is 5.94. The van der Waals surface area contributed by atoms with Crippen molar-refractivity contribution in [2.45, 2.75) is 18.8 Å². The summed E-state index contributed by atoms with van der Waals surface area (Å²) in [6, 6.07) is 10.5. The first-order valence-electron chi connectivity index (χ1n) is 10.2. The van der Waals surface area contributed by atoms with E-state index in [0.717, 1.165) is 12.8 Å². The second kappa shape index (κ2) is 9.48. The van der Waals surface area contributed by atoms with Gasteiger partial charge in [0, 0.05) is 29.2 Å². The van der Waals surface area contributed by atoms with Crippen LogP contribution in [-0.2, 0) is 0 Å².